The van der Waals surface area contributed by atoms with E-state index in [-0.39, 0.29) is 11.7 Å². The van der Waals surface area contributed by atoms with E-state index in [1.54, 1.807) is 18.2 Å². The average molecular weight is 346 g/mol. The Morgan fingerprint density at radius 1 is 1.39 bits per heavy atom. The van der Waals surface area contributed by atoms with Crippen LogP contribution in [0, 0.1) is 32.1 Å². The van der Waals surface area contributed by atoms with Crippen LogP contribution in [0.5, 0.6) is 0 Å². The molecule has 0 fully saturated rings. The summed E-state index contributed by atoms with van der Waals surface area (Å²) in [6.45, 7) is 5.59. The van der Waals surface area contributed by atoms with Crippen molar-refractivity contribution in [3.8, 4) is 6.07 Å². The molecule has 0 unspecified atom stereocenters. The Hall–Kier alpha value is -2.03. The van der Waals surface area contributed by atoms with E-state index in [1.807, 2.05) is 26.8 Å². The standard InChI is InChI=1S/C17H16ClN3OS/c1-10-7-11(2)20-17(13(10)8-19)23-9-16(22)21-15-6-4-5-14(18)12(15)3/h4-7H,9H2,1-3H3,(H,21,22). The van der Waals surface area contributed by atoms with E-state index in [2.05, 4.69) is 16.4 Å². The third-order valence-corrected chi connectivity index (χ3v) is 4.69. The number of halogens is 1. The van der Waals surface area contributed by atoms with Gasteiger partial charge in [0, 0.05) is 16.4 Å². The Morgan fingerprint density at radius 3 is 2.83 bits per heavy atom. The number of carbonyl (C=O) groups is 1. The summed E-state index contributed by atoms with van der Waals surface area (Å²) in [5.41, 5.74) is 3.74. The van der Waals surface area contributed by atoms with Crippen LogP contribution < -0.4 is 5.32 Å². The fraction of sp³-hybridized carbons (Fsp3) is 0.235. The summed E-state index contributed by atoms with van der Waals surface area (Å²) in [6, 6.07) is 9.38. The molecule has 0 atom stereocenters. The van der Waals surface area contributed by atoms with Crippen LogP contribution in [0.4, 0.5) is 5.69 Å². The number of hydrogen-bond donors (Lipinski definition) is 1. The predicted molar refractivity (Wildman–Crippen MR) is 94.0 cm³/mol. The van der Waals surface area contributed by atoms with Gasteiger partial charge in [-0.05, 0) is 50.1 Å². The highest BCUT2D eigenvalue weighted by atomic mass is 35.5. The number of benzene rings is 1. The van der Waals surface area contributed by atoms with Crippen LogP contribution in [0.3, 0.4) is 0 Å². The van der Waals surface area contributed by atoms with Gasteiger partial charge < -0.3 is 5.32 Å². The fourth-order valence-corrected chi connectivity index (χ4v) is 3.18. The van der Waals surface area contributed by atoms with Gasteiger partial charge >= 0.3 is 0 Å². The number of rotatable bonds is 4. The number of pyridine rings is 1. The molecule has 2 aromatic rings. The van der Waals surface area contributed by atoms with E-state index in [0.29, 0.717) is 21.3 Å². The molecule has 1 amide bonds. The minimum Gasteiger partial charge on any atom is -0.325 e. The molecule has 1 heterocycles. The molecule has 0 saturated carbocycles. The molecule has 0 spiro atoms. The van der Waals surface area contributed by atoms with Crippen molar-refractivity contribution in [3.05, 3.63) is 51.7 Å². The maximum atomic E-state index is 12.1. The zero-order chi connectivity index (χ0) is 17.0. The maximum Gasteiger partial charge on any atom is 0.234 e. The maximum absolute atomic E-state index is 12.1. The lowest BCUT2D eigenvalue weighted by atomic mass is 10.1. The van der Waals surface area contributed by atoms with Gasteiger partial charge in [-0.15, -0.1) is 0 Å². The molecule has 0 aliphatic carbocycles. The molecular weight excluding hydrogens is 330 g/mol. The lowest BCUT2D eigenvalue weighted by molar-refractivity contribution is -0.113. The topological polar surface area (TPSA) is 65.8 Å². The number of thioether (sulfide) groups is 1. The van der Waals surface area contributed by atoms with Crippen LogP contribution in [-0.2, 0) is 4.79 Å². The van der Waals surface area contributed by atoms with Crippen LogP contribution in [0.1, 0.15) is 22.4 Å². The molecule has 23 heavy (non-hydrogen) atoms. The van der Waals surface area contributed by atoms with E-state index >= 15 is 0 Å². The first-order valence-electron chi connectivity index (χ1n) is 6.98. The molecule has 0 bridgehead atoms. The molecule has 0 radical (unpaired) electrons. The predicted octanol–water partition coefficient (Wildman–Crippen LogP) is 4.26. The van der Waals surface area contributed by atoms with Crippen LogP contribution in [0.2, 0.25) is 5.02 Å². The third kappa shape index (κ3) is 4.25. The monoisotopic (exact) mass is 345 g/mol. The summed E-state index contributed by atoms with van der Waals surface area (Å²) >= 11 is 7.30. The van der Waals surface area contributed by atoms with E-state index in [4.69, 9.17) is 11.6 Å². The van der Waals surface area contributed by atoms with Crippen LogP contribution in [-0.4, -0.2) is 16.6 Å². The van der Waals surface area contributed by atoms with E-state index in [1.165, 1.54) is 11.8 Å². The summed E-state index contributed by atoms with van der Waals surface area (Å²) in [5.74, 6) is 0.0153. The molecule has 6 heteroatoms. The molecule has 0 saturated heterocycles. The van der Waals surface area contributed by atoms with Gasteiger partial charge in [0.05, 0.1) is 11.3 Å². The number of nitrogens with zero attached hydrogens (tertiary/aromatic N) is 2. The Labute approximate surface area is 144 Å². The van der Waals surface area contributed by atoms with Crippen molar-refractivity contribution in [3.63, 3.8) is 0 Å². The van der Waals surface area contributed by atoms with Crippen molar-refractivity contribution < 1.29 is 4.79 Å². The number of nitrogens with one attached hydrogen (secondary N) is 1. The first kappa shape index (κ1) is 17.3. The van der Waals surface area contributed by atoms with Crippen molar-refractivity contribution in [1.29, 1.82) is 5.26 Å². The number of carbonyl (C=O) groups excluding carboxylic acids is 1. The zero-order valence-corrected chi connectivity index (χ0v) is 14.7. The number of aryl methyl sites for hydroxylation is 2. The molecule has 1 aromatic carbocycles. The highest BCUT2D eigenvalue weighted by Gasteiger charge is 2.12. The molecule has 1 N–H and O–H groups in total. The van der Waals surface area contributed by atoms with Crippen molar-refractivity contribution in [2.24, 2.45) is 0 Å². The first-order valence-corrected chi connectivity index (χ1v) is 8.35. The molecule has 0 aliphatic heterocycles. The Bertz CT molecular complexity index is 799. The van der Waals surface area contributed by atoms with Crippen molar-refractivity contribution in [2.45, 2.75) is 25.8 Å². The number of anilines is 1. The van der Waals surface area contributed by atoms with Gasteiger partial charge in [0.1, 0.15) is 11.1 Å². The minimum absolute atomic E-state index is 0.162. The van der Waals surface area contributed by atoms with Crippen LogP contribution in [0.25, 0.3) is 0 Å². The number of hydrogen-bond acceptors (Lipinski definition) is 4. The molecule has 0 aliphatic rings. The number of aromatic nitrogens is 1. The second-order valence-electron chi connectivity index (χ2n) is 5.12. The van der Waals surface area contributed by atoms with E-state index in [9.17, 15) is 10.1 Å². The zero-order valence-electron chi connectivity index (χ0n) is 13.1. The lowest BCUT2D eigenvalue weighted by Gasteiger charge is -2.10. The van der Waals surface area contributed by atoms with Gasteiger partial charge in [0.25, 0.3) is 0 Å². The summed E-state index contributed by atoms with van der Waals surface area (Å²) < 4.78 is 0. The smallest absolute Gasteiger partial charge is 0.234 e. The molecule has 4 nitrogen and oxygen atoms in total. The van der Waals surface area contributed by atoms with Crippen molar-refractivity contribution in [1.82, 2.24) is 4.98 Å². The molecule has 2 rings (SSSR count). The minimum atomic E-state index is -0.162. The quantitative estimate of drug-likeness (QED) is 0.841. The highest BCUT2D eigenvalue weighted by Crippen LogP contribution is 2.25. The highest BCUT2D eigenvalue weighted by molar-refractivity contribution is 8.00. The SMILES string of the molecule is Cc1cc(C)c(C#N)c(SCC(=O)Nc2cccc(Cl)c2C)n1. The van der Waals surface area contributed by atoms with Gasteiger partial charge in [-0.25, -0.2) is 4.98 Å². The second kappa shape index (κ2) is 7.49. The first-order chi connectivity index (χ1) is 10.9. The number of nitriles is 1. The molecular formula is C17H16ClN3OS. The van der Waals surface area contributed by atoms with E-state index in [0.717, 1.165) is 16.8 Å². The molecule has 1 aromatic heterocycles. The Morgan fingerprint density at radius 2 is 2.13 bits per heavy atom. The van der Waals surface area contributed by atoms with Gasteiger partial charge in [0.2, 0.25) is 5.91 Å². The van der Waals surface area contributed by atoms with Crippen LogP contribution in [0.15, 0.2) is 29.3 Å². The largest absolute Gasteiger partial charge is 0.325 e. The van der Waals surface area contributed by atoms with Gasteiger partial charge in [0.15, 0.2) is 0 Å². The normalized spacial score (nSPS) is 10.2. The van der Waals surface area contributed by atoms with E-state index < -0.39 is 0 Å². The van der Waals surface area contributed by atoms with Crippen molar-refractivity contribution >= 4 is 35.0 Å². The van der Waals surface area contributed by atoms with Gasteiger partial charge in [-0.3, -0.25) is 4.79 Å². The summed E-state index contributed by atoms with van der Waals surface area (Å²) in [6.07, 6.45) is 0. The lowest BCUT2D eigenvalue weighted by Crippen LogP contribution is -2.15. The summed E-state index contributed by atoms with van der Waals surface area (Å²) in [5, 5.41) is 13.3. The fourth-order valence-electron chi connectivity index (χ4n) is 2.11. The van der Waals surface area contributed by atoms with Crippen molar-refractivity contribution in [2.75, 3.05) is 11.1 Å². The average Bonchev–Trinajstić information content (AvgIpc) is 2.49. The third-order valence-electron chi connectivity index (χ3n) is 3.31. The number of amides is 1. The van der Waals surface area contributed by atoms with Crippen LogP contribution >= 0.6 is 23.4 Å². The summed E-state index contributed by atoms with van der Waals surface area (Å²) in [4.78, 5) is 16.5. The Balaban J connectivity index is 2.08. The van der Waals surface area contributed by atoms with Gasteiger partial charge in [-0.2, -0.15) is 5.26 Å². The van der Waals surface area contributed by atoms with Gasteiger partial charge in [-0.1, -0.05) is 29.4 Å². The second-order valence-corrected chi connectivity index (χ2v) is 6.49. The molecule has 118 valence electrons. The Kier molecular flexibility index (Phi) is 5.64. The summed E-state index contributed by atoms with van der Waals surface area (Å²) in [7, 11) is 0.